The molecule has 0 atom stereocenters. The lowest BCUT2D eigenvalue weighted by atomic mass is 10.1. The minimum atomic E-state index is -4.13. The first-order chi connectivity index (χ1) is 14.2. The summed E-state index contributed by atoms with van der Waals surface area (Å²) in [5.74, 6) is -0.925. The fourth-order valence-electron chi connectivity index (χ4n) is 2.56. The molecule has 0 aliphatic heterocycles. The summed E-state index contributed by atoms with van der Waals surface area (Å²) < 4.78 is 48.3. The Morgan fingerprint density at radius 2 is 1.43 bits per heavy atom. The van der Waals surface area contributed by atoms with Crippen LogP contribution in [0, 0.1) is 0 Å². The van der Waals surface area contributed by atoms with E-state index >= 15 is 0 Å². The van der Waals surface area contributed by atoms with Gasteiger partial charge in [0.05, 0.1) is 44.2 Å². The summed E-state index contributed by atoms with van der Waals surface area (Å²) >= 11 is 0. The Balaban J connectivity index is 2.49. The molecule has 0 fully saturated rings. The molecule has 0 saturated carbocycles. The third-order valence-electron chi connectivity index (χ3n) is 3.87. The van der Waals surface area contributed by atoms with Crippen molar-refractivity contribution in [2.75, 3.05) is 32.2 Å². The first-order valence-electron chi connectivity index (χ1n) is 8.99. The monoisotopic (exact) mass is 437 g/mol. The van der Waals surface area contributed by atoms with Gasteiger partial charge >= 0.3 is 11.9 Å². The highest BCUT2D eigenvalue weighted by molar-refractivity contribution is 7.92. The van der Waals surface area contributed by atoms with Gasteiger partial charge in [0, 0.05) is 6.07 Å². The largest absolute Gasteiger partial charge is 0.497 e. The fraction of sp³-hybridized carbons (Fsp3) is 0.300. The summed E-state index contributed by atoms with van der Waals surface area (Å²) in [6.45, 7) is 3.50. The molecule has 0 aliphatic carbocycles. The van der Waals surface area contributed by atoms with E-state index in [1.807, 2.05) is 0 Å². The molecule has 0 amide bonds. The van der Waals surface area contributed by atoms with Crippen molar-refractivity contribution < 1.29 is 37.0 Å². The molecule has 0 spiro atoms. The molecule has 0 radical (unpaired) electrons. The molecule has 2 rings (SSSR count). The van der Waals surface area contributed by atoms with E-state index in [1.165, 1.54) is 50.6 Å². The van der Waals surface area contributed by atoms with Gasteiger partial charge in [0.1, 0.15) is 16.4 Å². The molecule has 2 aromatic rings. The molecular formula is C20H23NO8S. The number of rotatable bonds is 9. The van der Waals surface area contributed by atoms with Crippen molar-refractivity contribution in [3.05, 3.63) is 47.5 Å². The van der Waals surface area contributed by atoms with E-state index in [-0.39, 0.29) is 40.7 Å². The number of hydrogen-bond acceptors (Lipinski definition) is 8. The number of ether oxygens (including phenoxy) is 4. The third kappa shape index (κ3) is 5.41. The van der Waals surface area contributed by atoms with Crippen molar-refractivity contribution in [1.82, 2.24) is 0 Å². The second-order valence-corrected chi connectivity index (χ2v) is 7.51. The van der Waals surface area contributed by atoms with Gasteiger partial charge in [-0.1, -0.05) is 0 Å². The van der Waals surface area contributed by atoms with E-state index in [9.17, 15) is 18.0 Å². The van der Waals surface area contributed by atoms with Crippen molar-refractivity contribution in [3.8, 4) is 11.5 Å². The molecule has 0 unspecified atom stereocenters. The van der Waals surface area contributed by atoms with E-state index < -0.39 is 22.0 Å². The lowest BCUT2D eigenvalue weighted by molar-refractivity contribution is 0.0525. The van der Waals surface area contributed by atoms with Crippen LogP contribution < -0.4 is 14.2 Å². The molecule has 162 valence electrons. The molecule has 0 heterocycles. The van der Waals surface area contributed by atoms with Crippen LogP contribution in [0.1, 0.15) is 34.6 Å². The summed E-state index contributed by atoms with van der Waals surface area (Å²) in [5.41, 5.74) is -0.00919. The quantitative estimate of drug-likeness (QED) is 0.595. The fourth-order valence-corrected chi connectivity index (χ4v) is 3.75. The highest BCUT2D eigenvalue weighted by Crippen LogP contribution is 2.30. The number of anilines is 1. The maximum atomic E-state index is 12.9. The predicted molar refractivity (Wildman–Crippen MR) is 109 cm³/mol. The van der Waals surface area contributed by atoms with Gasteiger partial charge in [-0.2, -0.15) is 0 Å². The van der Waals surface area contributed by atoms with Crippen LogP contribution in [0.15, 0.2) is 41.3 Å². The van der Waals surface area contributed by atoms with E-state index in [0.717, 1.165) is 0 Å². The number of methoxy groups -OCH3 is 2. The normalized spacial score (nSPS) is 10.8. The first kappa shape index (κ1) is 23.0. The smallest absolute Gasteiger partial charge is 0.338 e. The second kappa shape index (κ2) is 9.97. The first-order valence-corrected chi connectivity index (χ1v) is 10.5. The lowest BCUT2D eigenvalue weighted by Crippen LogP contribution is -2.16. The van der Waals surface area contributed by atoms with Crippen LogP contribution in [0.2, 0.25) is 0 Å². The van der Waals surface area contributed by atoms with Crippen molar-refractivity contribution >= 4 is 27.6 Å². The Labute approximate surface area is 174 Å². The minimum absolute atomic E-state index is 0.00167. The summed E-state index contributed by atoms with van der Waals surface area (Å²) in [5, 5.41) is 0. The zero-order valence-electron chi connectivity index (χ0n) is 17.1. The Hall–Kier alpha value is -3.27. The van der Waals surface area contributed by atoms with Crippen molar-refractivity contribution in [1.29, 1.82) is 0 Å². The number of nitrogens with one attached hydrogen (secondary N) is 1. The van der Waals surface area contributed by atoms with E-state index in [1.54, 1.807) is 13.8 Å². The molecule has 0 saturated heterocycles. The van der Waals surface area contributed by atoms with E-state index in [0.29, 0.717) is 5.75 Å². The lowest BCUT2D eigenvalue weighted by Gasteiger charge is -2.14. The van der Waals surface area contributed by atoms with E-state index in [4.69, 9.17) is 18.9 Å². The van der Waals surface area contributed by atoms with Gasteiger partial charge in [0.25, 0.3) is 10.0 Å². The van der Waals surface area contributed by atoms with Gasteiger partial charge in [-0.3, -0.25) is 4.72 Å². The standard InChI is InChI=1S/C20H23NO8S/c1-5-28-19(22)13-9-14(20(23)29-6-2)11-15(10-13)21-30(24,25)18-8-7-16(26-3)12-17(18)27-4/h7-12,21H,5-6H2,1-4H3. The molecule has 9 nitrogen and oxygen atoms in total. The maximum absolute atomic E-state index is 12.9. The molecule has 0 aromatic heterocycles. The molecule has 10 heteroatoms. The highest BCUT2D eigenvalue weighted by Gasteiger charge is 2.22. The van der Waals surface area contributed by atoms with Gasteiger partial charge in [-0.05, 0) is 44.2 Å². The van der Waals surface area contributed by atoms with Gasteiger partial charge < -0.3 is 18.9 Å². The highest BCUT2D eigenvalue weighted by atomic mass is 32.2. The number of benzene rings is 2. The molecule has 30 heavy (non-hydrogen) atoms. The summed E-state index contributed by atoms with van der Waals surface area (Å²) in [6.07, 6.45) is 0. The van der Waals surface area contributed by atoms with Gasteiger partial charge in [-0.25, -0.2) is 18.0 Å². The zero-order valence-corrected chi connectivity index (χ0v) is 17.9. The molecule has 2 aromatic carbocycles. The van der Waals surface area contributed by atoms with Crippen LogP contribution >= 0.6 is 0 Å². The molecule has 0 bridgehead atoms. The number of carbonyl (C=O) groups excluding carboxylic acids is 2. The number of hydrogen-bond donors (Lipinski definition) is 1. The van der Waals surface area contributed by atoms with E-state index in [2.05, 4.69) is 4.72 Å². The second-order valence-electron chi connectivity index (χ2n) is 5.86. The van der Waals surface area contributed by atoms with Crippen LogP contribution in [0.3, 0.4) is 0 Å². The van der Waals surface area contributed by atoms with Crippen LogP contribution in [0.5, 0.6) is 11.5 Å². The maximum Gasteiger partial charge on any atom is 0.338 e. The Morgan fingerprint density at radius 3 is 1.90 bits per heavy atom. The number of sulfonamides is 1. The topological polar surface area (TPSA) is 117 Å². The predicted octanol–water partition coefficient (Wildman–Crippen LogP) is 2.86. The molecule has 0 aliphatic rings. The minimum Gasteiger partial charge on any atom is -0.497 e. The van der Waals surface area contributed by atoms with Crippen molar-refractivity contribution in [3.63, 3.8) is 0 Å². The average Bonchev–Trinajstić information content (AvgIpc) is 2.72. The van der Waals surface area contributed by atoms with Gasteiger partial charge in [-0.15, -0.1) is 0 Å². The van der Waals surface area contributed by atoms with Crippen molar-refractivity contribution in [2.45, 2.75) is 18.7 Å². The summed E-state index contributed by atoms with van der Waals surface area (Å²) in [6, 6.07) is 8.04. The zero-order chi connectivity index (χ0) is 22.3. The van der Waals surface area contributed by atoms with Crippen LogP contribution in [0.4, 0.5) is 5.69 Å². The molecular weight excluding hydrogens is 414 g/mol. The van der Waals surface area contributed by atoms with Crippen LogP contribution in [-0.2, 0) is 19.5 Å². The molecule has 1 N–H and O–H groups in total. The number of esters is 2. The van der Waals surface area contributed by atoms with Crippen LogP contribution in [-0.4, -0.2) is 47.8 Å². The Morgan fingerprint density at radius 1 is 0.867 bits per heavy atom. The Kier molecular flexibility index (Phi) is 7.65. The average molecular weight is 437 g/mol. The van der Waals surface area contributed by atoms with Gasteiger partial charge in [0.2, 0.25) is 0 Å². The third-order valence-corrected chi connectivity index (χ3v) is 5.29. The van der Waals surface area contributed by atoms with Gasteiger partial charge in [0.15, 0.2) is 0 Å². The summed E-state index contributed by atoms with van der Waals surface area (Å²) in [4.78, 5) is 24.2. The number of carbonyl (C=O) groups is 2. The summed E-state index contributed by atoms with van der Waals surface area (Å²) in [7, 11) is -1.35. The van der Waals surface area contributed by atoms with Crippen molar-refractivity contribution in [2.24, 2.45) is 0 Å². The van der Waals surface area contributed by atoms with Crippen LogP contribution in [0.25, 0.3) is 0 Å². The SMILES string of the molecule is CCOC(=O)c1cc(NS(=O)(=O)c2ccc(OC)cc2OC)cc(C(=O)OCC)c1. The Bertz CT molecular complexity index is 997.